The molecule has 3 N–H and O–H groups in total. The number of para-hydroxylation sites is 1. The fraction of sp³-hybridized carbons (Fsp3) is 0.188. The lowest BCUT2D eigenvalue weighted by atomic mass is 10.0. The molecule has 0 fully saturated rings. The maximum atomic E-state index is 13.7. The van der Waals surface area contributed by atoms with Crippen molar-refractivity contribution in [3.8, 4) is 0 Å². The van der Waals surface area contributed by atoms with Gasteiger partial charge in [-0.2, -0.15) is 0 Å². The van der Waals surface area contributed by atoms with Gasteiger partial charge in [0.2, 0.25) is 5.91 Å². The van der Waals surface area contributed by atoms with E-state index in [1.54, 1.807) is 37.4 Å². The van der Waals surface area contributed by atoms with Gasteiger partial charge in [0.05, 0.1) is 12.3 Å². The Hall–Kier alpha value is -2.40. The Morgan fingerprint density at radius 3 is 2.48 bits per heavy atom. The lowest BCUT2D eigenvalue weighted by molar-refractivity contribution is -0.118. The largest absolute Gasteiger partial charge is 0.380 e. The third-order valence-corrected chi connectivity index (χ3v) is 3.08. The van der Waals surface area contributed by atoms with Crippen LogP contribution in [0.1, 0.15) is 17.2 Å². The van der Waals surface area contributed by atoms with Gasteiger partial charge in [-0.1, -0.05) is 36.4 Å². The molecule has 5 heteroatoms. The van der Waals surface area contributed by atoms with Crippen LogP contribution in [0.15, 0.2) is 48.5 Å². The second kappa shape index (κ2) is 6.85. The molecule has 4 nitrogen and oxygen atoms in total. The molecule has 1 unspecified atom stereocenters. The van der Waals surface area contributed by atoms with Crippen LogP contribution in [0.4, 0.5) is 10.1 Å². The smallest absolute Gasteiger partial charge is 0.244 e. The van der Waals surface area contributed by atoms with E-state index in [0.29, 0.717) is 12.2 Å². The number of rotatable bonds is 6. The third kappa shape index (κ3) is 3.79. The number of anilines is 1. The van der Waals surface area contributed by atoms with Crippen LogP contribution >= 0.6 is 0 Å². The maximum absolute atomic E-state index is 13.7. The number of nitrogens with one attached hydrogen (secondary N) is 1. The Bertz CT molecular complexity index is 614. The summed E-state index contributed by atoms with van der Waals surface area (Å²) in [4.78, 5) is 11.6. The monoisotopic (exact) mass is 288 g/mol. The van der Waals surface area contributed by atoms with E-state index < -0.39 is 17.8 Å². The fourth-order valence-corrected chi connectivity index (χ4v) is 2.03. The number of carbonyl (C=O) groups is 1. The highest BCUT2D eigenvalue weighted by molar-refractivity contribution is 5.84. The number of amides is 1. The molecule has 0 aliphatic rings. The molecular formula is C16H17FN2O2. The lowest BCUT2D eigenvalue weighted by Crippen LogP contribution is -2.28. The number of ether oxygens (including phenoxy) is 1. The second-order valence-electron chi connectivity index (χ2n) is 4.63. The van der Waals surface area contributed by atoms with Gasteiger partial charge in [-0.3, -0.25) is 4.79 Å². The minimum absolute atomic E-state index is 0.238. The van der Waals surface area contributed by atoms with Gasteiger partial charge in [0.15, 0.2) is 0 Å². The maximum Gasteiger partial charge on any atom is 0.244 e. The first-order valence-electron chi connectivity index (χ1n) is 6.50. The molecule has 2 aromatic rings. The first-order chi connectivity index (χ1) is 10.1. The molecule has 110 valence electrons. The molecule has 0 aromatic heterocycles. The van der Waals surface area contributed by atoms with Crippen molar-refractivity contribution in [2.75, 3.05) is 12.4 Å². The van der Waals surface area contributed by atoms with Crippen molar-refractivity contribution >= 4 is 11.6 Å². The number of nitrogens with two attached hydrogens (primary N) is 1. The summed E-state index contributed by atoms with van der Waals surface area (Å²) in [6.07, 6.45) is 0. The Balaban J connectivity index is 2.23. The summed E-state index contributed by atoms with van der Waals surface area (Å²) in [5.74, 6) is -1.00. The molecule has 2 aromatic carbocycles. The molecule has 1 atom stereocenters. The Labute approximate surface area is 122 Å². The number of hydrogen-bond donors (Lipinski definition) is 2. The first-order valence-corrected chi connectivity index (χ1v) is 6.50. The van der Waals surface area contributed by atoms with Gasteiger partial charge in [-0.25, -0.2) is 4.39 Å². The summed E-state index contributed by atoms with van der Waals surface area (Å²) >= 11 is 0. The zero-order valence-corrected chi connectivity index (χ0v) is 11.7. The van der Waals surface area contributed by atoms with Crippen LogP contribution in [0.5, 0.6) is 0 Å². The van der Waals surface area contributed by atoms with Crippen LogP contribution in [0.2, 0.25) is 0 Å². The molecule has 0 spiro atoms. The number of methoxy groups -OCH3 is 1. The van der Waals surface area contributed by atoms with Gasteiger partial charge in [-0.05, 0) is 23.3 Å². The van der Waals surface area contributed by atoms with E-state index in [9.17, 15) is 9.18 Å². The summed E-state index contributed by atoms with van der Waals surface area (Å²) in [5, 5.41) is 2.83. The van der Waals surface area contributed by atoms with Crippen LogP contribution in [-0.2, 0) is 16.1 Å². The van der Waals surface area contributed by atoms with Gasteiger partial charge in [-0.15, -0.1) is 0 Å². The third-order valence-electron chi connectivity index (χ3n) is 3.08. The van der Waals surface area contributed by atoms with E-state index in [-0.39, 0.29) is 5.69 Å². The molecule has 0 saturated carbocycles. The van der Waals surface area contributed by atoms with Crippen molar-refractivity contribution in [3.05, 3.63) is 65.5 Å². The van der Waals surface area contributed by atoms with E-state index in [4.69, 9.17) is 10.5 Å². The second-order valence-corrected chi connectivity index (χ2v) is 4.63. The Kier molecular flexibility index (Phi) is 4.90. The molecule has 0 aliphatic carbocycles. The topological polar surface area (TPSA) is 64.3 Å². The Morgan fingerprint density at radius 1 is 1.24 bits per heavy atom. The normalized spacial score (nSPS) is 11.9. The van der Waals surface area contributed by atoms with Gasteiger partial charge in [0, 0.05) is 7.11 Å². The van der Waals surface area contributed by atoms with E-state index >= 15 is 0 Å². The van der Waals surface area contributed by atoms with Crippen LogP contribution < -0.4 is 11.1 Å². The molecule has 0 radical (unpaired) electrons. The molecule has 2 rings (SSSR count). The van der Waals surface area contributed by atoms with E-state index in [1.165, 1.54) is 6.07 Å². The van der Waals surface area contributed by atoms with E-state index in [0.717, 1.165) is 5.56 Å². The summed E-state index contributed by atoms with van der Waals surface area (Å²) < 4.78 is 18.7. The van der Waals surface area contributed by atoms with Crippen molar-refractivity contribution in [2.45, 2.75) is 12.6 Å². The van der Waals surface area contributed by atoms with Crippen molar-refractivity contribution in [1.29, 1.82) is 0 Å². The molecule has 21 heavy (non-hydrogen) atoms. The predicted octanol–water partition coefficient (Wildman–Crippen LogP) is 2.61. The highest BCUT2D eigenvalue weighted by Gasteiger charge is 2.18. The van der Waals surface area contributed by atoms with Gasteiger partial charge >= 0.3 is 0 Å². The minimum atomic E-state index is -0.793. The number of carbonyl (C=O) groups excluding carboxylic acids is 1. The van der Waals surface area contributed by atoms with Crippen molar-refractivity contribution in [2.24, 2.45) is 5.73 Å². The van der Waals surface area contributed by atoms with Crippen LogP contribution in [0.3, 0.4) is 0 Å². The fourth-order valence-electron chi connectivity index (χ4n) is 2.03. The summed E-state index contributed by atoms with van der Waals surface area (Å²) in [5.41, 5.74) is 7.31. The average molecular weight is 288 g/mol. The van der Waals surface area contributed by atoms with Crippen LogP contribution in [-0.4, -0.2) is 13.0 Å². The predicted molar refractivity (Wildman–Crippen MR) is 79.1 cm³/mol. The van der Waals surface area contributed by atoms with E-state index in [1.807, 2.05) is 12.1 Å². The SMILES string of the molecule is COCc1ccc(C(Nc2ccccc2F)C(N)=O)cc1. The molecular weight excluding hydrogens is 271 g/mol. The van der Waals surface area contributed by atoms with E-state index in [2.05, 4.69) is 5.32 Å². The lowest BCUT2D eigenvalue weighted by Gasteiger charge is -2.18. The first kappa shape index (κ1) is 15.0. The molecule has 1 amide bonds. The Morgan fingerprint density at radius 2 is 1.90 bits per heavy atom. The summed E-state index contributed by atoms with van der Waals surface area (Å²) in [6.45, 7) is 0.488. The van der Waals surface area contributed by atoms with Crippen LogP contribution in [0, 0.1) is 5.82 Å². The van der Waals surface area contributed by atoms with Crippen molar-refractivity contribution in [3.63, 3.8) is 0 Å². The average Bonchev–Trinajstić information content (AvgIpc) is 2.47. The quantitative estimate of drug-likeness (QED) is 0.858. The zero-order valence-electron chi connectivity index (χ0n) is 11.7. The van der Waals surface area contributed by atoms with Crippen molar-refractivity contribution < 1.29 is 13.9 Å². The molecule has 0 saturated heterocycles. The number of halogens is 1. The highest BCUT2D eigenvalue weighted by atomic mass is 19.1. The summed E-state index contributed by atoms with van der Waals surface area (Å²) in [7, 11) is 1.61. The molecule has 0 heterocycles. The summed E-state index contributed by atoms with van der Waals surface area (Å²) in [6, 6.07) is 12.6. The minimum Gasteiger partial charge on any atom is -0.380 e. The molecule has 0 aliphatic heterocycles. The van der Waals surface area contributed by atoms with Gasteiger partial charge < -0.3 is 15.8 Å². The number of hydrogen-bond acceptors (Lipinski definition) is 3. The highest BCUT2D eigenvalue weighted by Crippen LogP contribution is 2.22. The zero-order chi connectivity index (χ0) is 15.2. The van der Waals surface area contributed by atoms with Gasteiger partial charge in [0.1, 0.15) is 11.9 Å². The van der Waals surface area contributed by atoms with Crippen LogP contribution in [0.25, 0.3) is 0 Å². The standard InChI is InChI=1S/C16H17FN2O2/c1-21-10-11-6-8-12(9-7-11)15(16(18)20)19-14-5-3-2-4-13(14)17/h2-9,15,19H,10H2,1H3,(H2,18,20). The molecule has 0 bridgehead atoms. The number of primary amides is 1. The van der Waals surface area contributed by atoms with Crippen molar-refractivity contribution in [1.82, 2.24) is 0 Å². The number of benzene rings is 2. The van der Waals surface area contributed by atoms with Gasteiger partial charge in [0.25, 0.3) is 0 Å².